The van der Waals surface area contributed by atoms with Crippen molar-refractivity contribution in [2.45, 2.75) is 19.3 Å². The molecule has 0 aliphatic carbocycles. The van der Waals surface area contributed by atoms with E-state index in [4.69, 9.17) is 5.73 Å². The molecule has 5 nitrogen and oxygen atoms in total. The molecule has 3 N–H and O–H groups in total. The highest BCUT2D eigenvalue weighted by Crippen LogP contribution is 2.17. The van der Waals surface area contributed by atoms with Gasteiger partial charge in [0, 0.05) is 44.8 Å². The minimum absolute atomic E-state index is 0. The van der Waals surface area contributed by atoms with Crippen molar-refractivity contribution in [2.24, 2.45) is 5.73 Å². The molecule has 1 fully saturated rings. The van der Waals surface area contributed by atoms with E-state index in [1.807, 2.05) is 0 Å². The summed E-state index contributed by atoms with van der Waals surface area (Å²) in [5, 5.41) is 2.25. The topological polar surface area (TPSA) is 61.6 Å². The second-order valence-electron chi connectivity index (χ2n) is 6.25. The fraction of sp³-hybridized carbons (Fsp3) is 0.588. The van der Waals surface area contributed by atoms with Crippen LogP contribution in [0, 0.1) is 6.92 Å². The summed E-state index contributed by atoms with van der Waals surface area (Å²) < 4.78 is 26.0. The van der Waals surface area contributed by atoms with Gasteiger partial charge in [-0.1, -0.05) is 12.1 Å². The Bertz CT molecular complexity index is 555. The van der Waals surface area contributed by atoms with Gasteiger partial charge in [0.15, 0.2) is 0 Å². The Morgan fingerprint density at radius 1 is 1.23 bits per heavy atom. The average Bonchev–Trinajstić information content (AvgIpc) is 2.59. The summed E-state index contributed by atoms with van der Waals surface area (Å²) in [7, 11) is 0. The van der Waals surface area contributed by atoms with Crippen LogP contribution in [0.2, 0.25) is 0 Å². The Hall–Kier alpha value is -1.15. The van der Waals surface area contributed by atoms with Gasteiger partial charge in [-0.2, -0.15) is 0 Å². The van der Waals surface area contributed by atoms with Crippen molar-refractivity contribution in [3.05, 3.63) is 29.8 Å². The summed E-state index contributed by atoms with van der Waals surface area (Å²) in [5.41, 5.74) is 7.40. The molecule has 0 saturated carbocycles. The lowest BCUT2D eigenvalue weighted by atomic mass is 10.2. The van der Waals surface area contributed by atoms with Gasteiger partial charge in [-0.3, -0.25) is 9.69 Å². The lowest BCUT2D eigenvalue weighted by Crippen LogP contribution is -2.47. The lowest BCUT2D eigenvalue weighted by molar-refractivity contribution is -0.123. The minimum atomic E-state index is -3.03. The van der Waals surface area contributed by atoms with Gasteiger partial charge in [-0.05, 0) is 24.6 Å². The molecule has 1 aromatic carbocycles. The van der Waals surface area contributed by atoms with Crippen molar-refractivity contribution < 1.29 is 13.6 Å². The smallest absolute Gasteiger partial charge is 0.277 e. The van der Waals surface area contributed by atoms with Crippen molar-refractivity contribution in [3.63, 3.8) is 0 Å². The van der Waals surface area contributed by atoms with Gasteiger partial charge in [-0.25, -0.2) is 8.78 Å². The molecule has 150 valence electrons. The standard InChI is InChI=1S/C17H26F2N4O.2ClH/c1-14-3-2-4-15(11-14)23-9-7-22(8-10-23)6-5-16(24)21-13-17(18,19)12-20;;/h2-4,11H,5-10,12-13,20H2,1H3,(H,21,24);2*1H. The Morgan fingerprint density at radius 3 is 2.46 bits per heavy atom. The largest absolute Gasteiger partial charge is 0.369 e. The van der Waals surface area contributed by atoms with Crippen molar-refractivity contribution >= 4 is 36.4 Å². The predicted molar refractivity (Wildman–Crippen MR) is 106 cm³/mol. The first-order valence-electron chi connectivity index (χ1n) is 8.28. The third kappa shape index (κ3) is 8.03. The first-order valence-corrected chi connectivity index (χ1v) is 8.28. The number of anilines is 1. The summed E-state index contributed by atoms with van der Waals surface area (Å²) in [5.74, 6) is -3.39. The molecule has 26 heavy (non-hydrogen) atoms. The number of nitrogens with two attached hydrogens (primary N) is 1. The van der Waals surface area contributed by atoms with Crippen LogP contribution in [0.15, 0.2) is 24.3 Å². The third-order valence-electron chi connectivity index (χ3n) is 4.24. The Kier molecular flexibility index (Phi) is 11.0. The van der Waals surface area contributed by atoms with E-state index in [0.29, 0.717) is 6.54 Å². The number of hydrogen-bond donors (Lipinski definition) is 2. The number of hydrogen-bond acceptors (Lipinski definition) is 4. The van der Waals surface area contributed by atoms with Crippen LogP contribution in [0.5, 0.6) is 0 Å². The number of alkyl halides is 2. The summed E-state index contributed by atoms with van der Waals surface area (Å²) in [6, 6.07) is 8.40. The number of carbonyl (C=O) groups excluding carboxylic acids is 1. The molecule has 0 radical (unpaired) electrons. The van der Waals surface area contributed by atoms with E-state index in [-0.39, 0.29) is 37.1 Å². The van der Waals surface area contributed by atoms with E-state index in [1.54, 1.807) is 0 Å². The number of rotatable bonds is 7. The van der Waals surface area contributed by atoms with Crippen LogP contribution in [-0.2, 0) is 4.79 Å². The average molecular weight is 413 g/mol. The van der Waals surface area contributed by atoms with Crippen LogP contribution >= 0.6 is 24.8 Å². The number of piperazine rings is 1. The Balaban J connectivity index is 0.00000312. The molecule has 1 amide bonds. The molecule has 9 heteroatoms. The first kappa shape index (κ1) is 24.8. The summed E-state index contributed by atoms with van der Waals surface area (Å²) in [6.45, 7) is 4.74. The molecule has 0 atom stereocenters. The molecule has 1 aromatic rings. The molecule has 1 aliphatic rings. The molecule has 1 heterocycles. The zero-order valence-electron chi connectivity index (χ0n) is 14.9. The molecule has 2 rings (SSSR count). The van der Waals surface area contributed by atoms with E-state index in [9.17, 15) is 13.6 Å². The number of carbonyl (C=O) groups is 1. The van der Waals surface area contributed by atoms with E-state index < -0.39 is 19.0 Å². The summed E-state index contributed by atoms with van der Waals surface area (Å²) >= 11 is 0. The van der Waals surface area contributed by atoms with Gasteiger partial charge < -0.3 is 16.0 Å². The fourth-order valence-electron chi connectivity index (χ4n) is 2.70. The monoisotopic (exact) mass is 412 g/mol. The molecule has 0 aromatic heterocycles. The molecule has 1 aliphatic heterocycles. The van der Waals surface area contributed by atoms with Crippen molar-refractivity contribution in [2.75, 3.05) is 50.7 Å². The molecule has 1 saturated heterocycles. The number of halogens is 4. The van der Waals surface area contributed by atoms with Crippen LogP contribution in [0.1, 0.15) is 12.0 Å². The Labute approximate surface area is 166 Å². The van der Waals surface area contributed by atoms with Gasteiger partial charge in [-0.15, -0.1) is 24.8 Å². The zero-order chi connectivity index (χ0) is 17.6. The highest BCUT2D eigenvalue weighted by molar-refractivity contribution is 5.85. The fourth-order valence-corrected chi connectivity index (χ4v) is 2.70. The van der Waals surface area contributed by atoms with Crippen molar-refractivity contribution in [1.29, 1.82) is 0 Å². The maximum atomic E-state index is 13.0. The highest BCUT2D eigenvalue weighted by Gasteiger charge is 2.27. The number of aryl methyl sites for hydroxylation is 1. The van der Waals surface area contributed by atoms with Gasteiger partial charge in [0.25, 0.3) is 5.92 Å². The summed E-state index contributed by atoms with van der Waals surface area (Å²) in [6.07, 6.45) is 0.227. The number of nitrogens with one attached hydrogen (secondary N) is 1. The van der Waals surface area contributed by atoms with Crippen LogP contribution in [-0.4, -0.2) is 62.5 Å². The molecule has 0 unspecified atom stereocenters. The SMILES string of the molecule is Cc1cccc(N2CCN(CCC(=O)NCC(F)(F)CN)CC2)c1.Cl.Cl. The first-order chi connectivity index (χ1) is 11.4. The molecule has 0 bridgehead atoms. The zero-order valence-corrected chi connectivity index (χ0v) is 16.6. The van der Waals surface area contributed by atoms with Crippen LogP contribution in [0.3, 0.4) is 0 Å². The quantitative estimate of drug-likeness (QED) is 0.719. The third-order valence-corrected chi connectivity index (χ3v) is 4.24. The molecular weight excluding hydrogens is 385 g/mol. The van der Waals surface area contributed by atoms with E-state index in [1.165, 1.54) is 11.3 Å². The molecule has 0 spiro atoms. The number of amides is 1. The van der Waals surface area contributed by atoms with E-state index in [0.717, 1.165) is 26.2 Å². The van der Waals surface area contributed by atoms with Crippen LogP contribution < -0.4 is 16.0 Å². The number of nitrogens with zero attached hydrogens (tertiary/aromatic N) is 2. The van der Waals surface area contributed by atoms with Crippen molar-refractivity contribution in [1.82, 2.24) is 10.2 Å². The van der Waals surface area contributed by atoms with Crippen LogP contribution in [0.4, 0.5) is 14.5 Å². The lowest BCUT2D eigenvalue weighted by Gasteiger charge is -2.36. The Morgan fingerprint density at radius 2 is 1.88 bits per heavy atom. The van der Waals surface area contributed by atoms with Gasteiger partial charge in [0.1, 0.15) is 0 Å². The molecular formula is C17H28Cl2F2N4O. The van der Waals surface area contributed by atoms with Crippen molar-refractivity contribution in [3.8, 4) is 0 Å². The van der Waals surface area contributed by atoms with Gasteiger partial charge in [0.05, 0.1) is 13.1 Å². The number of benzene rings is 1. The normalized spacial score (nSPS) is 15.0. The maximum absolute atomic E-state index is 13.0. The predicted octanol–water partition coefficient (Wildman–Crippen LogP) is 2.06. The minimum Gasteiger partial charge on any atom is -0.369 e. The second kappa shape index (κ2) is 11.5. The van der Waals surface area contributed by atoms with E-state index >= 15 is 0 Å². The second-order valence-corrected chi connectivity index (χ2v) is 6.25. The van der Waals surface area contributed by atoms with Crippen LogP contribution in [0.25, 0.3) is 0 Å². The summed E-state index contributed by atoms with van der Waals surface area (Å²) in [4.78, 5) is 16.2. The van der Waals surface area contributed by atoms with Gasteiger partial charge in [0.2, 0.25) is 5.91 Å². The van der Waals surface area contributed by atoms with Gasteiger partial charge >= 0.3 is 0 Å². The maximum Gasteiger partial charge on any atom is 0.277 e. The highest BCUT2D eigenvalue weighted by atomic mass is 35.5. The van der Waals surface area contributed by atoms with E-state index in [2.05, 4.69) is 46.3 Å².